The van der Waals surface area contributed by atoms with Crippen LogP contribution in [0.15, 0.2) is 72.9 Å². The fourth-order valence-corrected chi connectivity index (χ4v) is 6.07. The normalized spacial score (nSPS) is 16.8. The molecule has 2 N–H and O–H groups in total. The van der Waals surface area contributed by atoms with Gasteiger partial charge in [0, 0.05) is 52.5 Å². The number of thiocarbonyl (C=S) groups is 1. The number of hydrogen-bond acceptors (Lipinski definition) is 3. The van der Waals surface area contributed by atoms with Gasteiger partial charge in [-0.25, -0.2) is 0 Å². The highest BCUT2D eigenvalue weighted by Crippen LogP contribution is 2.43. The summed E-state index contributed by atoms with van der Waals surface area (Å²) in [6.07, 6.45) is 2.10. The van der Waals surface area contributed by atoms with Crippen LogP contribution in [-0.2, 0) is 4.79 Å². The fraction of sp³-hybridized carbons (Fsp3) is 0.258. The van der Waals surface area contributed by atoms with Gasteiger partial charge in [-0.2, -0.15) is 0 Å². The van der Waals surface area contributed by atoms with Crippen LogP contribution >= 0.6 is 23.8 Å². The maximum absolute atomic E-state index is 13.0. The first kappa shape index (κ1) is 26.9. The number of anilines is 1. The minimum absolute atomic E-state index is 0.0479. The number of halogens is 1. The van der Waals surface area contributed by atoms with Crippen LogP contribution in [0.25, 0.3) is 5.69 Å². The van der Waals surface area contributed by atoms with Crippen molar-refractivity contribution in [2.24, 2.45) is 0 Å². The summed E-state index contributed by atoms with van der Waals surface area (Å²) in [5.41, 5.74) is 8.38. The Morgan fingerprint density at radius 1 is 1.03 bits per heavy atom. The molecule has 1 fully saturated rings. The molecule has 39 heavy (non-hydrogen) atoms. The molecule has 8 heteroatoms. The van der Waals surface area contributed by atoms with E-state index in [1.165, 1.54) is 11.1 Å². The molecule has 1 saturated heterocycles. The molecule has 3 heterocycles. The summed E-state index contributed by atoms with van der Waals surface area (Å²) in [5.74, 6) is -0.0479. The summed E-state index contributed by atoms with van der Waals surface area (Å²) in [7, 11) is 0. The van der Waals surface area contributed by atoms with Crippen LogP contribution in [0, 0.1) is 27.7 Å². The van der Waals surface area contributed by atoms with Crippen molar-refractivity contribution in [3.8, 4) is 5.69 Å². The van der Waals surface area contributed by atoms with E-state index >= 15 is 0 Å². The van der Waals surface area contributed by atoms with Gasteiger partial charge in [0.2, 0.25) is 5.91 Å². The average Bonchev–Trinajstić information content (AvgIpc) is 3.35. The van der Waals surface area contributed by atoms with Crippen molar-refractivity contribution in [2.45, 2.75) is 46.2 Å². The lowest BCUT2D eigenvalue weighted by Gasteiger charge is -2.29. The Labute approximate surface area is 240 Å². The van der Waals surface area contributed by atoms with Gasteiger partial charge in [-0.05, 0) is 87.4 Å². The first-order valence-corrected chi connectivity index (χ1v) is 13.8. The van der Waals surface area contributed by atoms with Crippen molar-refractivity contribution in [2.75, 3.05) is 11.9 Å². The van der Waals surface area contributed by atoms with Gasteiger partial charge in [0.25, 0.3) is 0 Å². The second kappa shape index (κ2) is 11.2. The van der Waals surface area contributed by atoms with Crippen molar-refractivity contribution in [1.29, 1.82) is 0 Å². The number of aryl methyl sites for hydroxylation is 1. The van der Waals surface area contributed by atoms with E-state index in [0.717, 1.165) is 34.0 Å². The Hall–Kier alpha value is -3.68. The molecule has 0 unspecified atom stereocenters. The van der Waals surface area contributed by atoms with Crippen molar-refractivity contribution in [3.05, 3.63) is 112 Å². The zero-order valence-corrected chi connectivity index (χ0v) is 24.1. The predicted octanol–water partition coefficient (Wildman–Crippen LogP) is 6.76. The van der Waals surface area contributed by atoms with Crippen LogP contribution in [0.4, 0.5) is 5.69 Å². The molecule has 200 valence electrons. The number of nitrogens with one attached hydrogen (secondary N) is 2. The van der Waals surface area contributed by atoms with Crippen molar-refractivity contribution in [3.63, 3.8) is 0 Å². The molecule has 1 amide bonds. The first-order chi connectivity index (χ1) is 18.8. The van der Waals surface area contributed by atoms with Crippen molar-refractivity contribution in [1.82, 2.24) is 19.8 Å². The van der Waals surface area contributed by atoms with Crippen LogP contribution in [-0.4, -0.2) is 32.0 Å². The quantitative estimate of drug-likeness (QED) is 0.246. The standard InChI is InChI=1S/C31H32ClN5OS/c1-19-10-5-6-13-25(19)34-27(38)15-17-36-30(29(35-31(36)39)26-14-7-8-16-33-26)28-20(2)21(3)37(22(28)4)24-12-9-11-23(32)18-24/h5-14,16,18,29-30H,15,17H2,1-4H3,(H,34,38)(H,35,39)/t29-,30-/m0/s1. The second-order valence-electron chi connectivity index (χ2n) is 9.96. The summed E-state index contributed by atoms with van der Waals surface area (Å²) < 4.78 is 2.25. The molecular weight excluding hydrogens is 526 g/mol. The number of carbonyl (C=O) groups is 1. The van der Waals surface area contributed by atoms with Crippen molar-refractivity contribution >= 4 is 40.5 Å². The Kier molecular flexibility index (Phi) is 7.73. The molecule has 0 radical (unpaired) electrons. The molecule has 2 aromatic carbocycles. The lowest BCUT2D eigenvalue weighted by Crippen LogP contribution is -2.33. The SMILES string of the molecule is Cc1ccccc1NC(=O)CCN1C(=S)N[C@@H](c2ccccn2)[C@@H]1c1c(C)c(C)n(-c2cccc(Cl)c2)c1C. The summed E-state index contributed by atoms with van der Waals surface area (Å²) in [4.78, 5) is 19.8. The number of pyridine rings is 1. The summed E-state index contributed by atoms with van der Waals surface area (Å²) in [6.45, 7) is 8.87. The van der Waals surface area contributed by atoms with E-state index in [1.54, 1.807) is 6.20 Å². The number of aromatic nitrogens is 2. The third-order valence-corrected chi connectivity index (χ3v) is 8.15. The summed E-state index contributed by atoms with van der Waals surface area (Å²) in [6, 6.07) is 21.3. The highest BCUT2D eigenvalue weighted by Gasteiger charge is 2.42. The Morgan fingerprint density at radius 2 is 1.79 bits per heavy atom. The third-order valence-electron chi connectivity index (χ3n) is 7.57. The minimum Gasteiger partial charge on any atom is -0.352 e. The zero-order valence-electron chi connectivity index (χ0n) is 22.5. The van der Waals surface area contributed by atoms with Gasteiger partial charge < -0.3 is 20.1 Å². The van der Waals surface area contributed by atoms with Gasteiger partial charge in [0.15, 0.2) is 5.11 Å². The molecular formula is C31H32ClN5OS. The predicted molar refractivity (Wildman–Crippen MR) is 162 cm³/mol. The monoisotopic (exact) mass is 557 g/mol. The van der Waals surface area contributed by atoms with Gasteiger partial charge >= 0.3 is 0 Å². The number of carbonyl (C=O) groups excluding carboxylic acids is 1. The molecule has 2 atom stereocenters. The first-order valence-electron chi connectivity index (χ1n) is 13.0. The van der Waals surface area contributed by atoms with Crippen LogP contribution in [0.3, 0.4) is 0 Å². The Balaban J connectivity index is 1.52. The average molecular weight is 558 g/mol. The van der Waals surface area contributed by atoms with E-state index in [0.29, 0.717) is 23.1 Å². The third kappa shape index (κ3) is 5.29. The highest BCUT2D eigenvalue weighted by molar-refractivity contribution is 7.80. The molecule has 1 aliphatic heterocycles. The van der Waals surface area contributed by atoms with Gasteiger partial charge in [0.1, 0.15) is 0 Å². The number of rotatable bonds is 7. The molecule has 0 saturated carbocycles. The highest BCUT2D eigenvalue weighted by atomic mass is 35.5. The van der Waals surface area contributed by atoms with E-state index in [2.05, 4.69) is 51.9 Å². The number of hydrogen-bond donors (Lipinski definition) is 2. The maximum Gasteiger partial charge on any atom is 0.226 e. The summed E-state index contributed by atoms with van der Waals surface area (Å²) >= 11 is 12.2. The van der Waals surface area contributed by atoms with Crippen LogP contribution in [0.5, 0.6) is 0 Å². The number of benzene rings is 2. The minimum atomic E-state index is -0.162. The second-order valence-corrected chi connectivity index (χ2v) is 10.8. The van der Waals surface area contributed by atoms with E-state index < -0.39 is 0 Å². The smallest absolute Gasteiger partial charge is 0.226 e. The summed E-state index contributed by atoms with van der Waals surface area (Å²) in [5, 5.41) is 7.87. The topological polar surface area (TPSA) is 62.2 Å². The number of para-hydroxylation sites is 1. The van der Waals surface area contributed by atoms with E-state index in [4.69, 9.17) is 23.8 Å². The van der Waals surface area contributed by atoms with Crippen LogP contribution < -0.4 is 10.6 Å². The fourth-order valence-electron chi connectivity index (χ4n) is 5.55. The molecule has 5 rings (SSSR count). The maximum atomic E-state index is 13.0. The largest absolute Gasteiger partial charge is 0.352 e. The van der Waals surface area contributed by atoms with Gasteiger partial charge in [-0.3, -0.25) is 9.78 Å². The lowest BCUT2D eigenvalue weighted by molar-refractivity contribution is -0.116. The van der Waals surface area contributed by atoms with Crippen LogP contribution in [0.1, 0.15) is 52.3 Å². The molecule has 2 aromatic heterocycles. The van der Waals surface area contributed by atoms with Crippen LogP contribution in [0.2, 0.25) is 5.02 Å². The molecule has 4 aromatic rings. The van der Waals surface area contributed by atoms with Crippen molar-refractivity contribution < 1.29 is 4.79 Å². The molecule has 1 aliphatic rings. The molecule has 0 aliphatic carbocycles. The number of amides is 1. The van der Waals surface area contributed by atoms with E-state index in [-0.39, 0.29) is 18.0 Å². The lowest BCUT2D eigenvalue weighted by atomic mass is 9.93. The number of nitrogens with zero attached hydrogens (tertiary/aromatic N) is 3. The van der Waals surface area contributed by atoms with E-state index in [1.807, 2.05) is 67.6 Å². The molecule has 0 spiro atoms. The zero-order chi connectivity index (χ0) is 27.7. The Morgan fingerprint density at radius 3 is 2.51 bits per heavy atom. The molecule has 0 bridgehead atoms. The molecule has 6 nitrogen and oxygen atoms in total. The van der Waals surface area contributed by atoms with E-state index in [9.17, 15) is 4.79 Å². The van der Waals surface area contributed by atoms with Gasteiger partial charge in [0.05, 0.1) is 17.8 Å². The Bertz CT molecular complexity index is 1530. The van der Waals surface area contributed by atoms with Gasteiger partial charge in [-0.1, -0.05) is 41.9 Å². The van der Waals surface area contributed by atoms with Gasteiger partial charge in [-0.15, -0.1) is 0 Å².